The van der Waals surface area contributed by atoms with Gasteiger partial charge in [0.1, 0.15) is 6.61 Å². The summed E-state index contributed by atoms with van der Waals surface area (Å²) in [6.45, 7) is 4.21. The summed E-state index contributed by atoms with van der Waals surface area (Å²) in [5, 5.41) is 0. The Balaban J connectivity index is 1.74. The van der Waals surface area contributed by atoms with Crippen molar-refractivity contribution in [2.45, 2.75) is 19.4 Å². The van der Waals surface area contributed by atoms with Gasteiger partial charge in [0, 0.05) is 26.4 Å². The molecule has 0 N–H and O–H groups in total. The van der Waals surface area contributed by atoms with Crippen molar-refractivity contribution < 1.29 is 28.5 Å². The minimum Gasteiger partial charge on any atom is -0.467 e. The van der Waals surface area contributed by atoms with Crippen LogP contribution in [0.25, 0.3) is 0 Å². The molecule has 0 saturated carbocycles. The molecule has 24 heavy (non-hydrogen) atoms. The van der Waals surface area contributed by atoms with E-state index in [0.717, 1.165) is 12.8 Å². The molecule has 1 aromatic carbocycles. The fraction of sp³-hybridized carbons (Fsp3) is 0.611. The van der Waals surface area contributed by atoms with Crippen molar-refractivity contribution in [2.24, 2.45) is 0 Å². The smallest absolute Gasteiger partial charge is 0.331 e. The molecule has 1 aromatic rings. The van der Waals surface area contributed by atoms with E-state index in [2.05, 4.69) is 4.74 Å². The van der Waals surface area contributed by atoms with E-state index in [9.17, 15) is 4.79 Å². The van der Waals surface area contributed by atoms with Gasteiger partial charge in [-0.1, -0.05) is 30.3 Å². The zero-order chi connectivity index (χ0) is 17.3. The number of rotatable bonds is 15. The maximum atomic E-state index is 10.8. The highest BCUT2D eigenvalue weighted by Gasteiger charge is 1.99. The minimum absolute atomic E-state index is 0.00329. The lowest BCUT2D eigenvalue weighted by atomic mass is 10.2. The number of esters is 1. The van der Waals surface area contributed by atoms with Gasteiger partial charge < -0.3 is 23.7 Å². The van der Waals surface area contributed by atoms with Crippen LogP contribution in [0.3, 0.4) is 0 Å². The van der Waals surface area contributed by atoms with E-state index < -0.39 is 0 Å². The van der Waals surface area contributed by atoms with E-state index in [1.165, 1.54) is 12.7 Å². The topological polar surface area (TPSA) is 63.2 Å². The molecule has 0 radical (unpaired) electrons. The molecule has 0 fully saturated rings. The first kappa shape index (κ1) is 20.6. The molecule has 1 rings (SSSR count). The summed E-state index contributed by atoms with van der Waals surface area (Å²) < 4.78 is 26.0. The van der Waals surface area contributed by atoms with Crippen LogP contribution in [0.1, 0.15) is 18.4 Å². The maximum Gasteiger partial charge on any atom is 0.331 e. The van der Waals surface area contributed by atoms with E-state index in [-0.39, 0.29) is 12.6 Å². The van der Waals surface area contributed by atoms with Crippen LogP contribution in [0.15, 0.2) is 30.3 Å². The zero-order valence-electron chi connectivity index (χ0n) is 14.4. The van der Waals surface area contributed by atoms with Gasteiger partial charge in [0.15, 0.2) is 0 Å². The lowest BCUT2D eigenvalue weighted by molar-refractivity contribution is -0.146. The maximum absolute atomic E-state index is 10.8. The third-order valence-corrected chi connectivity index (χ3v) is 3.09. The molecule has 6 nitrogen and oxygen atoms in total. The number of methoxy groups -OCH3 is 1. The standard InChI is InChI=1S/C18H28O6/c1-20-18(19)16-23-12-6-10-21-9-5-11-22-13-14-24-15-17-7-3-2-4-8-17/h2-4,7-8H,5-6,9-16H2,1H3. The van der Waals surface area contributed by atoms with Crippen molar-refractivity contribution in [3.05, 3.63) is 35.9 Å². The molecule has 0 amide bonds. The fourth-order valence-electron chi connectivity index (χ4n) is 1.83. The molecule has 0 unspecified atom stereocenters. The van der Waals surface area contributed by atoms with E-state index in [1.807, 2.05) is 30.3 Å². The molecule has 0 atom stereocenters. The predicted molar refractivity (Wildman–Crippen MR) is 89.8 cm³/mol. The Morgan fingerprint density at radius 2 is 1.38 bits per heavy atom. The Morgan fingerprint density at radius 3 is 2.04 bits per heavy atom. The Labute approximate surface area is 144 Å². The van der Waals surface area contributed by atoms with Gasteiger partial charge >= 0.3 is 5.97 Å². The predicted octanol–water partition coefficient (Wildman–Crippen LogP) is 2.21. The third kappa shape index (κ3) is 12.0. The molecule has 0 saturated heterocycles. The second-order valence-electron chi connectivity index (χ2n) is 5.10. The average molecular weight is 340 g/mol. The summed E-state index contributed by atoms with van der Waals surface area (Å²) in [5.41, 5.74) is 1.17. The quantitative estimate of drug-likeness (QED) is 0.360. The summed E-state index contributed by atoms with van der Waals surface area (Å²) in [5.74, 6) is -0.360. The van der Waals surface area contributed by atoms with Crippen molar-refractivity contribution in [3.8, 4) is 0 Å². The van der Waals surface area contributed by atoms with Crippen molar-refractivity contribution in [2.75, 3.05) is 53.4 Å². The second-order valence-corrected chi connectivity index (χ2v) is 5.10. The fourth-order valence-corrected chi connectivity index (χ4v) is 1.83. The molecule has 136 valence electrons. The summed E-state index contributed by atoms with van der Waals surface area (Å²) in [7, 11) is 1.34. The molecular weight excluding hydrogens is 312 g/mol. The normalized spacial score (nSPS) is 10.7. The van der Waals surface area contributed by atoms with Crippen LogP contribution in [-0.2, 0) is 35.1 Å². The van der Waals surface area contributed by atoms with Crippen molar-refractivity contribution in [3.63, 3.8) is 0 Å². The molecule has 0 spiro atoms. The monoisotopic (exact) mass is 340 g/mol. The molecule has 6 heteroatoms. The first-order chi connectivity index (χ1) is 11.8. The molecule has 0 aliphatic rings. The molecule has 0 aromatic heterocycles. The Morgan fingerprint density at radius 1 is 0.792 bits per heavy atom. The first-order valence-corrected chi connectivity index (χ1v) is 8.24. The van der Waals surface area contributed by atoms with Gasteiger partial charge in [-0.2, -0.15) is 0 Å². The van der Waals surface area contributed by atoms with Crippen LogP contribution in [0.4, 0.5) is 0 Å². The second kappa shape index (κ2) is 15.1. The zero-order valence-corrected chi connectivity index (χ0v) is 14.4. The summed E-state index contributed by atoms with van der Waals surface area (Å²) in [6, 6.07) is 10.1. The third-order valence-electron chi connectivity index (χ3n) is 3.09. The summed E-state index contributed by atoms with van der Waals surface area (Å²) >= 11 is 0. The number of ether oxygens (including phenoxy) is 5. The molecule has 0 heterocycles. The van der Waals surface area contributed by atoms with Crippen molar-refractivity contribution >= 4 is 5.97 Å². The van der Waals surface area contributed by atoms with Gasteiger partial charge in [-0.3, -0.25) is 0 Å². The highest BCUT2D eigenvalue weighted by atomic mass is 16.6. The lowest BCUT2D eigenvalue weighted by Gasteiger charge is -2.07. The van der Waals surface area contributed by atoms with Crippen LogP contribution in [0.5, 0.6) is 0 Å². The van der Waals surface area contributed by atoms with E-state index in [1.54, 1.807) is 0 Å². The van der Waals surface area contributed by atoms with E-state index in [4.69, 9.17) is 18.9 Å². The number of hydrogen-bond acceptors (Lipinski definition) is 6. The number of carbonyl (C=O) groups excluding carboxylic acids is 1. The van der Waals surface area contributed by atoms with Crippen LogP contribution in [0.2, 0.25) is 0 Å². The number of carbonyl (C=O) groups is 1. The van der Waals surface area contributed by atoms with Gasteiger partial charge in [-0.25, -0.2) is 4.79 Å². The molecular formula is C18H28O6. The van der Waals surface area contributed by atoms with Crippen molar-refractivity contribution in [1.82, 2.24) is 0 Å². The number of benzene rings is 1. The SMILES string of the molecule is COC(=O)COCCCOCCCOCCOCc1ccccc1. The molecule has 0 bridgehead atoms. The molecule has 0 aliphatic carbocycles. The van der Waals surface area contributed by atoms with Gasteiger partial charge in [-0.15, -0.1) is 0 Å². The van der Waals surface area contributed by atoms with Gasteiger partial charge in [0.05, 0.1) is 26.9 Å². The Bertz CT molecular complexity index is 409. The highest BCUT2D eigenvalue weighted by molar-refractivity contribution is 5.70. The Kier molecular flexibility index (Phi) is 12.9. The average Bonchev–Trinajstić information content (AvgIpc) is 2.62. The van der Waals surface area contributed by atoms with Crippen LogP contribution < -0.4 is 0 Å². The van der Waals surface area contributed by atoms with Crippen LogP contribution in [0, 0.1) is 0 Å². The largest absolute Gasteiger partial charge is 0.467 e. The molecule has 0 aliphatic heterocycles. The highest BCUT2D eigenvalue weighted by Crippen LogP contribution is 2.00. The minimum atomic E-state index is -0.360. The van der Waals surface area contributed by atoms with Crippen molar-refractivity contribution in [1.29, 1.82) is 0 Å². The first-order valence-electron chi connectivity index (χ1n) is 8.24. The van der Waals surface area contributed by atoms with E-state index >= 15 is 0 Å². The van der Waals surface area contributed by atoms with Gasteiger partial charge in [0.25, 0.3) is 0 Å². The van der Waals surface area contributed by atoms with Crippen LogP contribution >= 0.6 is 0 Å². The number of hydrogen-bond donors (Lipinski definition) is 0. The van der Waals surface area contributed by atoms with E-state index in [0.29, 0.717) is 46.2 Å². The Hall–Kier alpha value is -1.47. The lowest BCUT2D eigenvalue weighted by Crippen LogP contribution is -2.12. The van der Waals surface area contributed by atoms with Gasteiger partial charge in [0.2, 0.25) is 0 Å². The van der Waals surface area contributed by atoms with Crippen LogP contribution in [-0.4, -0.2) is 59.3 Å². The summed E-state index contributed by atoms with van der Waals surface area (Å²) in [4.78, 5) is 10.8. The summed E-state index contributed by atoms with van der Waals surface area (Å²) in [6.07, 6.45) is 1.60. The van der Waals surface area contributed by atoms with Gasteiger partial charge in [-0.05, 0) is 18.4 Å².